The van der Waals surface area contributed by atoms with Gasteiger partial charge in [-0.1, -0.05) is 47.3 Å². The van der Waals surface area contributed by atoms with Crippen LogP contribution in [0.5, 0.6) is 0 Å². The number of nitrogens with one attached hydrogen (secondary N) is 1. The molecule has 1 aromatic rings. The molecule has 1 atom stereocenters. The van der Waals surface area contributed by atoms with Gasteiger partial charge in [-0.15, -0.1) is 0 Å². The van der Waals surface area contributed by atoms with Gasteiger partial charge in [-0.3, -0.25) is 9.69 Å². The second kappa shape index (κ2) is 6.18. The van der Waals surface area contributed by atoms with E-state index in [9.17, 15) is 9.59 Å². The summed E-state index contributed by atoms with van der Waals surface area (Å²) < 4.78 is 0.989. The summed E-state index contributed by atoms with van der Waals surface area (Å²) in [7, 11) is 0. The van der Waals surface area contributed by atoms with Crippen molar-refractivity contribution in [3.63, 3.8) is 0 Å². The lowest BCUT2D eigenvalue weighted by Crippen LogP contribution is -2.38. The lowest BCUT2D eigenvalue weighted by molar-refractivity contribution is -0.129. The van der Waals surface area contributed by atoms with Crippen LogP contribution in [-0.4, -0.2) is 22.9 Å². The van der Waals surface area contributed by atoms with Crippen molar-refractivity contribution in [1.29, 1.82) is 0 Å². The van der Waals surface area contributed by atoms with Gasteiger partial charge in [-0.25, -0.2) is 4.79 Å². The molecular weight excluding hydrogens is 332 g/mol. The summed E-state index contributed by atoms with van der Waals surface area (Å²) in [4.78, 5) is 26.0. The molecule has 0 radical (unpaired) electrons. The third-order valence-electron chi connectivity index (χ3n) is 4.43. The zero-order valence-corrected chi connectivity index (χ0v) is 13.4. The predicted octanol–water partition coefficient (Wildman–Crippen LogP) is 3.45. The fourth-order valence-corrected chi connectivity index (χ4v) is 3.51. The van der Waals surface area contributed by atoms with E-state index in [-0.39, 0.29) is 18.0 Å². The molecule has 21 heavy (non-hydrogen) atoms. The Bertz CT molecular complexity index is 538. The van der Waals surface area contributed by atoms with E-state index in [0.717, 1.165) is 35.7 Å². The molecule has 2 fully saturated rings. The van der Waals surface area contributed by atoms with Crippen LogP contribution in [0.15, 0.2) is 28.7 Å². The number of carbonyl (C=O) groups is 2. The number of amides is 3. The molecule has 1 heterocycles. The van der Waals surface area contributed by atoms with Crippen LogP contribution in [0.4, 0.5) is 4.79 Å². The van der Waals surface area contributed by atoms with Gasteiger partial charge in [0.1, 0.15) is 6.04 Å². The Morgan fingerprint density at radius 1 is 1.10 bits per heavy atom. The maximum Gasteiger partial charge on any atom is 0.325 e. The summed E-state index contributed by atoms with van der Waals surface area (Å²) in [6.07, 6.45) is 5.66. The molecule has 1 saturated heterocycles. The number of hydrogen-bond acceptors (Lipinski definition) is 2. The largest absolute Gasteiger partial charge is 0.326 e. The standard InChI is InChI=1S/C16H19BrN2O2/c17-13-8-6-11(7-9-13)10-19-15(20)14(18-16(19)21)12-4-2-1-3-5-12/h6-9,12,14H,1-5,10H2,(H,18,21)/t14-/m1/s1. The average Bonchev–Trinajstić information content (AvgIpc) is 2.78. The summed E-state index contributed by atoms with van der Waals surface area (Å²) in [6, 6.07) is 7.14. The van der Waals surface area contributed by atoms with Crippen LogP contribution in [0.25, 0.3) is 0 Å². The van der Waals surface area contributed by atoms with Crippen molar-refractivity contribution < 1.29 is 9.59 Å². The number of imide groups is 1. The van der Waals surface area contributed by atoms with Gasteiger partial charge in [0.15, 0.2) is 0 Å². The normalized spacial score (nSPS) is 23.5. The molecule has 0 unspecified atom stereocenters. The van der Waals surface area contributed by atoms with Crippen molar-refractivity contribution in [3.8, 4) is 0 Å². The zero-order chi connectivity index (χ0) is 14.8. The van der Waals surface area contributed by atoms with Gasteiger partial charge in [-0.2, -0.15) is 0 Å². The van der Waals surface area contributed by atoms with Crippen LogP contribution >= 0.6 is 15.9 Å². The third kappa shape index (κ3) is 3.12. The second-order valence-electron chi connectivity index (χ2n) is 5.88. The lowest BCUT2D eigenvalue weighted by Gasteiger charge is -2.25. The highest BCUT2D eigenvalue weighted by Crippen LogP contribution is 2.29. The first-order valence-electron chi connectivity index (χ1n) is 7.51. The Kier molecular flexibility index (Phi) is 4.29. The number of halogens is 1. The minimum absolute atomic E-state index is 0.0604. The average molecular weight is 351 g/mol. The minimum atomic E-state index is -0.312. The van der Waals surface area contributed by atoms with Gasteiger partial charge in [0.05, 0.1) is 6.54 Å². The third-order valence-corrected chi connectivity index (χ3v) is 4.96. The fourth-order valence-electron chi connectivity index (χ4n) is 3.25. The van der Waals surface area contributed by atoms with Crippen LogP contribution in [0.1, 0.15) is 37.7 Å². The summed E-state index contributed by atoms with van der Waals surface area (Å²) in [5.41, 5.74) is 0.964. The number of hydrogen-bond donors (Lipinski definition) is 1. The molecule has 3 amide bonds. The molecule has 0 bridgehead atoms. The molecule has 1 aliphatic carbocycles. The Morgan fingerprint density at radius 2 is 1.76 bits per heavy atom. The van der Waals surface area contributed by atoms with Crippen molar-refractivity contribution in [2.75, 3.05) is 0 Å². The Morgan fingerprint density at radius 3 is 2.43 bits per heavy atom. The number of carbonyl (C=O) groups excluding carboxylic acids is 2. The molecule has 0 aromatic heterocycles. The maximum absolute atomic E-state index is 12.5. The fraction of sp³-hybridized carbons (Fsp3) is 0.500. The molecular formula is C16H19BrN2O2. The Balaban J connectivity index is 1.69. The van der Waals surface area contributed by atoms with Crippen molar-refractivity contribution in [3.05, 3.63) is 34.3 Å². The van der Waals surface area contributed by atoms with E-state index in [1.807, 2.05) is 24.3 Å². The molecule has 1 saturated carbocycles. The predicted molar refractivity (Wildman–Crippen MR) is 83.6 cm³/mol. The van der Waals surface area contributed by atoms with Crippen LogP contribution in [0.2, 0.25) is 0 Å². The number of urea groups is 1. The highest BCUT2D eigenvalue weighted by Gasteiger charge is 2.42. The summed E-state index contributed by atoms with van der Waals surface area (Å²) >= 11 is 3.38. The monoisotopic (exact) mass is 350 g/mol. The minimum Gasteiger partial charge on any atom is -0.326 e. The van der Waals surface area contributed by atoms with Gasteiger partial charge in [0.2, 0.25) is 0 Å². The summed E-state index contributed by atoms with van der Waals surface area (Å²) in [5, 5.41) is 2.88. The Labute approximate surface area is 133 Å². The SMILES string of the molecule is O=C1N[C@H](C2CCCCC2)C(=O)N1Cc1ccc(Br)cc1. The number of benzene rings is 1. The highest BCUT2D eigenvalue weighted by atomic mass is 79.9. The van der Waals surface area contributed by atoms with Crippen molar-refractivity contribution >= 4 is 27.9 Å². The molecule has 112 valence electrons. The molecule has 2 aliphatic rings. The molecule has 4 nitrogen and oxygen atoms in total. The number of nitrogens with zero attached hydrogens (tertiary/aromatic N) is 1. The quantitative estimate of drug-likeness (QED) is 0.848. The second-order valence-corrected chi connectivity index (χ2v) is 6.79. The molecule has 1 aromatic carbocycles. The molecule has 1 N–H and O–H groups in total. The molecule has 3 rings (SSSR count). The van der Waals surface area contributed by atoms with Crippen molar-refractivity contribution in [1.82, 2.24) is 10.2 Å². The van der Waals surface area contributed by atoms with E-state index in [0.29, 0.717) is 12.5 Å². The summed E-state index contributed by atoms with van der Waals surface area (Å²) in [5.74, 6) is 0.250. The molecule has 5 heteroatoms. The van der Waals surface area contributed by atoms with E-state index < -0.39 is 0 Å². The van der Waals surface area contributed by atoms with E-state index in [2.05, 4.69) is 21.2 Å². The van der Waals surface area contributed by atoms with Crippen molar-refractivity contribution in [2.45, 2.75) is 44.7 Å². The van der Waals surface area contributed by atoms with E-state index in [4.69, 9.17) is 0 Å². The first-order valence-corrected chi connectivity index (χ1v) is 8.31. The first kappa shape index (κ1) is 14.6. The first-order chi connectivity index (χ1) is 10.1. The van der Waals surface area contributed by atoms with Gasteiger partial charge >= 0.3 is 6.03 Å². The Hall–Kier alpha value is -1.36. The topological polar surface area (TPSA) is 49.4 Å². The van der Waals surface area contributed by atoms with Crippen LogP contribution in [0.3, 0.4) is 0 Å². The van der Waals surface area contributed by atoms with Crippen LogP contribution in [-0.2, 0) is 11.3 Å². The van der Waals surface area contributed by atoms with E-state index in [1.165, 1.54) is 11.3 Å². The van der Waals surface area contributed by atoms with Gasteiger partial charge in [0.25, 0.3) is 5.91 Å². The van der Waals surface area contributed by atoms with Crippen LogP contribution < -0.4 is 5.32 Å². The molecule has 1 aliphatic heterocycles. The zero-order valence-electron chi connectivity index (χ0n) is 11.8. The number of rotatable bonds is 3. The van der Waals surface area contributed by atoms with Gasteiger partial charge in [0, 0.05) is 4.47 Å². The van der Waals surface area contributed by atoms with Crippen molar-refractivity contribution in [2.24, 2.45) is 5.92 Å². The summed E-state index contributed by atoms with van der Waals surface area (Å²) in [6.45, 7) is 0.348. The van der Waals surface area contributed by atoms with E-state index in [1.54, 1.807) is 0 Å². The van der Waals surface area contributed by atoms with E-state index >= 15 is 0 Å². The molecule has 0 spiro atoms. The van der Waals surface area contributed by atoms with Crippen LogP contribution in [0, 0.1) is 5.92 Å². The lowest BCUT2D eigenvalue weighted by atomic mass is 9.84. The smallest absolute Gasteiger partial charge is 0.325 e. The highest BCUT2D eigenvalue weighted by molar-refractivity contribution is 9.10. The maximum atomic E-state index is 12.5. The van der Waals surface area contributed by atoms with Gasteiger partial charge < -0.3 is 5.32 Å². The van der Waals surface area contributed by atoms with Gasteiger partial charge in [-0.05, 0) is 36.5 Å².